The Balaban J connectivity index is 1.61. The molecule has 0 aliphatic heterocycles. The summed E-state index contributed by atoms with van der Waals surface area (Å²) in [5.41, 5.74) is 1.76. The number of halogens is 1. The number of methoxy groups -OCH3 is 1. The van der Waals surface area contributed by atoms with Crippen molar-refractivity contribution in [2.75, 3.05) is 11.8 Å². The second kappa shape index (κ2) is 8.73. The molecular formula is C24H21ClN4O4S. The largest absolute Gasteiger partial charge is 0.495 e. The molecule has 1 aliphatic carbocycles. The quantitative estimate of drug-likeness (QED) is 0.421. The number of benzene rings is 2. The van der Waals surface area contributed by atoms with E-state index in [4.69, 9.17) is 16.3 Å². The molecule has 1 fully saturated rings. The van der Waals surface area contributed by atoms with Crippen molar-refractivity contribution in [3.05, 3.63) is 81.7 Å². The van der Waals surface area contributed by atoms with Gasteiger partial charge in [-0.2, -0.15) is 5.10 Å². The molecule has 10 heteroatoms. The third-order valence-electron chi connectivity index (χ3n) is 6.07. The van der Waals surface area contributed by atoms with Crippen molar-refractivity contribution >= 4 is 38.3 Å². The Hall–Kier alpha value is -3.43. The van der Waals surface area contributed by atoms with Crippen molar-refractivity contribution in [3.63, 3.8) is 0 Å². The lowest BCUT2D eigenvalue weighted by Gasteiger charge is -2.27. The Labute approximate surface area is 201 Å². The van der Waals surface area contributed by atoms with Gasteiger partial charge in [0, 0.05) is 22.7 Å². The first-order valence-electron chi connectivity index (χ1n) is 10.7. The van der Waals surface area contributed by atoms with Gasteiger partial charge in [0.05, 0.1) is 23.2 Å². The van der Waals surface area contributed by atoms with Crippen molar-refractivity contribution in [2.45, 2.75) is 30.1 Å². The summed E-state index contributed by atoms with van der Waals surface area (Å²) >= 11 is 6.61. The minimum atomic E-state index is -3.91. The predicted molar refractivity (Wildman–Crippen MR) is 131 cm³/mol. The average molecular weight is 497 g/mol. The minimum Gasteiger partial charge on any atom is -0.495 e. The number of hydrogen-bond acceptors (Lipinski definition) is 6. The monoisotopic (exact) mass is 496 g/mol. The molecule has 34 heavy (non-hydrogen) atoms. The second-order valence-corrected chi connectivity index (χ2v) is 10.2. The van der Waals surface area contributed by atoms with E-state index in [0.29, 0.717) is 33.3 Å². The summed E-state index contributed by atoms with van der Waals surface area (Å²) in [7, 11) is -2.36. The van der Waals surface area contributed by atoms with Gasteiger partial charge in [-0.05, 0) is 72.9 Å². The molecule has 0 amide bonds. The van der Waals surface area contributed by atoms with Gasteiger partial charge in [0.1, 0.15) is 5.75 Å². The van der Waals surface area contributed by atoms with Gasteiger partial charge in [0.25, 0.3) is 15.6 Å². The fourth-order valence-electron chi connectivity index (χ4n) is 4.12. The highest BCUT2D eigenvalue weighted by Crippen LogP contribution is 2.43. The van der Waals surface area contributed by atoms with Crippen LogP contribution in [0.25, 0.3) is 16.6 Å². The van der Waals surface area contributed by atoms with Gasteiger partial charge in [0.15, 0.2) is 5.82 Å². The van der Waals surface area contributed by atoms with Crippen molar-refractivity contribution < 1.29 is 13.2 Å². The lowest BCUT2D eigenvalue weighted by atomic mass is 9.80. The van der Waals surface area contributed by atoms with Gasteiger partial charge in [-0.15, -0.1) is 5.10 Å². The van der Waals surface area contributed by atoms with Crippen LogP contribution in [0, 0.1) is 0 Å². The van der Waals surface area contributed by atoms with Crippen LogP contribution in [-0.4, -0.2) is 30.3 Å². The molecule has 2 heterocycles. The highest BCUT2D eigenvalue weighted by Gasteiger charge is 2.25. The first kappa shape index (κ1) is 22.4. The van der Waals surface area contributed by atoms with Crippen LogP contribution in [0.5, 0.6) is 5.75 Å². The molecule has 8 nitrogen and oxygen atoms in total. The van der Waals surface area contributed by atoms with E-state index in [9.17, 15) is 13.2 Å². The van der Waals surface area contributed by atoms with Crippen LogP contribution in [0.2, 0.25) is 5.02 Å². The highest BCUT2D eigenvalue weighted by molar-refractivity contribution is 7.92. The summed E-state index contributed by atoms with van der Waals surface area (Å²) in [4.78, 5) is 13.0. The van der Waals surface area contributed by atoms with E-state index in [-0.39, 0.29) is 16.3 Å². The summed E-state index contributed by atoms with van der Waals surface area (Å²) in [6, 6.07) is 14.2. The summed E-state index contributed by atoms with van der Waals surface area (Å²) in [5.74, 6) is 1.04. The van der Waals surface area contributed by atoms with E-state index < -0.39 is 10.0 Å². The molecule has 0 unspecified atom stereocenters. The number of ether oxygens (including phenoxy) is 1. The van der Waals surface area contributed by atoms with E-state index in [0.717, 1.165) is 18.4 Å². The Morgan fingerprint density at radius 3 is 2.62 bits per heavy atom. The van der Waals surface area contributed by atoms with E-state index in [1.54, 1.807) is 31.4 Å². The number of anilines is 1. The summed E-state index contributed by atoms with van der Waals surface area (Å²) in [6.07, 6.45) is 4.78. The van der Waals surface area contributed by atoms with Gasteiger partial charge in [-0.25, -0.2) is 8.42 Å². The zero-order chi connectivity index (χ0) is 23.9. The zero-order valence-corrected chi connectivity index (χ0v) is 19.8. The maximum Gasteiger partial charge on any atom is 0.263 e. The smallest absolute Gasteiger partial charge is 0.263 e. The molecule has 2 aromatic heterocycles. The number of rotatable bonds is 6. The van der Waals surface area contributed by atoms with Crippen LogP contribution in [0.1, 0.15) is 30.7 Å². The Bertz CT molecular complexity index is 1550. The number of sulfonamides is 1. The first-order chi connectivity index (χ1) is 16.4. The first-order valence-corrected chi connectivity index (χ1v) is 12.6. The number of pyridine rings is 1. The summed E-state index contributed by atoms with van der Waals surface area (Å²) < 4.78 is 35.2. The van der Waals surface area contributed by atoms with Gasteiger partial charge < -0.3 is 4.74 Å². The number of nitrogens with zero attached hydrogens (tertiary/aromatic N) is 3. The second-order valence-electron chi connectivity index (χ2n) is 8.12. The standard InChI is InChI=1S/C24H21ClN4O4S/c1-33-22-13-18(15-4-2-5-15)19(25)14-21(22)29-20-9-8-17(12-16(20)7-10-24(29)30)34(31,32)28-23-6-3-11-26-27-23/h3,6-15H,2,4-5H2,1H3,(H,27,28). The molecule has 2 aromatic carbocycles. The molecule has 1 aliphatic rings. The van der Waals surface area contributed by atoms with Gasteiger partial charge >= 0.3 is 0 Å². The molecule has 0 radical (unpaired) electrons. The van der Waals surface area contributed by atoms with Crippen molar-refractivity contribution in [2.24, 2.45) is 0 Å². The fraction of sp³-hybridized carbons (Fsp3) is 0.208. The van der Waals surface area contributed by atoms with Crippen LogP contribution < -0.4 is 15.0 Å². The predicted octanol–water partition coefficient (Wildman–Crippen LogP) is 4.51. The molecule has 174 valence electrons. The molecule has 4 aromatic rings. The SMILES string of the molecule is COc1cc(C2CCC2)c(Cl)cc1-n1c(=O)ccc2cc(S(=O)(=O)Nc3cccnn3)ccc21. The topological polar surface area (TPSA) is 103 Å². The van der Waals surface area contributed by atoms with Crippen LogP contribution in [0.3, 0.4) is 0 Å². The van der Waals surface area contributed by atoms with Crippen LogP contribution in [-0.2, 0) is 10.0 Å². The van der Waals surface area contributed by atoms with Crippen LogP contribution in [0.4, 0.5) is 5.82 Å². The Morgan fingerprint density at radius 1 is 1.12 bits per heavy atom. The Morgan fingerprint density at radius 2 is 1.94 bits per heavy atom. The van der Waals surface area contributed by atoms with Gasteiger partial charge in [-0.1, -0.05) is 18.0 Å². The van der Waals surface area contributed by atoms with Crippen LogP contribution >= 0.6 is 11.6 Å². The Kier molecular flexibility index (Phi) is 5.75. The molecule has 0 spiro atoms. The van der Waals surface area contributed by atoms with Crippen molar-refractivity contribution in [1.82, 2.24) is 14.8 Å². The number of hydrogen-bond donors (Lipinski definition) is 1. The molecule has 0 bridgehead atoms. The molecule has 1 saturated carbocycles. The van der Waals surface area contributed by atoms with Gasteiger partial charge in [-0.3, -0.25) is 14.1 Å². The summed E-state index contributed by atoms with van der Waals surface area (Å²) in [5, 5.41) is 8.58. The van der Waals surface area contributed by atoms with Crippen molar-refractivity contribution in [1.29, 1.82) is 0 Å². The van der Waals surface area contributed by atoms with Crippen molar-refractivity contribution in [3.8, 4) is 11.4 Å². The van der Waals surface area contributed by atoms with E-state index in [1.165, 1.54) is 41.5 Å². The lowest BCUT2D eigenvalue weighted by molar-refractivity contribution is 0.401. The summed E-state index contributed by atoms with van der Waals surface area (Å²) in [6.45, 7) is 0. The van der Waals surface area contributed by atoms with E-state index in [1.807, 2.05) is 6.07 Å². The third kappa shape index (κ3) is 4.01. The fourth-order valence-corrected chi connectivity index (χ4v) is 5.46. The number of fused-ring (bicyclic) bond motifs is 1. The van der Waals surface area contributed by atoms with E-state index in [2.05, 4.69) is 14.9 Å². The van der Waals surface area contributed by atoms with E-state index >= 15 is 0 Å². The highest BCUT2D eigenvalue weighted by atomic mass is 35.5. The number of aromatic nitrogens is 3. The molecule has 1 N–H and O–H groups in total. The average Bonchev–Trinajstić information content (AvgIpc) is 2.79. The molecule has 5 rings (SSSR count). The molecule has 0 atom stereocenters. The normalized spacial score (nSPS) is 14.1. The molecule has 0 saturated heterocycles. The zero-order valence-electron chi connectivity index (χ0n) is 18.2. The lowest BCUT2D eigenvalue weighted by Crippen LogP contribution is -2.19. The third-order valence-corrected chi connectivity index (χ3v) is 7.75. The van der Waals surface area contributed by atoms with Crippen LogP contribution in [0.15, 0.2) is 70.5 Å². The molecular weight excluding hydrogens is 476 g/mol. The maximum absolute atomic E-state index is 12.9. The maximum atomic E-state index is 12.9. The number of nitrogens with one attached hydrogen (secondary N) is 1. The van der Waals surface area contributed by atoms with Gasteiger partial charge in [0.2, 0.25) is 0 Å². The minimum absolute atomic E-state index is 0.0289.